The lowest BCUT2D eigenvalue weighted by molar-refractivity contribution is 0.241. The lowest BCUT2D eigenvalue weighted by atomic mass is 10.3. The molecule has 0 saturated carbocycles. The van der Waals surface area contributed by atoms with Crippen molar-refractivity contribution in [2.75, 3.05) is 13.2 Å². The Labute approximate surface area is 120 Å². The predicted octanol–water partition coefficient (Wildman–Crippen LogP) is 4.44. The molecule has 2 aromatic rings. The van der Waals surface area contributed by atoms with Gasteiger partial charge in [0.2, 0.25) is 0 Å². The quantitative estimate of drug-likeness (QED) is 0.731. The molecule has 0 aliphatic rings. The highest BCUT2D eigenvalue weighted by Gasteiger charge is 2.03. The maximum atomic E-state index is 13.4. The fourth-order valence-electron chi connectivity index (χ4n) is 1.54. The molecule has 0 atom stereocenters. The van der Waals surface area contributed by atoms with Crippen LogP contribution in [0.2, 0.25) is 0 Å². The van der Waals surface area contributed by atoms with Gasteiger partial charge in [-0.1, -0.05) is 34.1 Å². The first-order valence-corrected chi connectivity index (χ1v) is 6.81. The van der Waals surface area contributed by atoms with E-state index in [1.165, 1.54) is 6.07 Å². The number of halogens is 2. The maximum absolute atomic E-state index is 13.4. The molecule has 2 aromatic carbocycles. The van der Waals surface area contributed by atoms with Crippen molar-refractivity contribution in [3.8, 4) is 11.5 Å². The molecule has 0 N–H and O–H groups in total. The lowest BCUT2D eigenvalue weighted by Gasteiger charge is -2.08. The Bertz CT molecular complexity index is 517. The molecular weight excluding hydrogens is 311 g/mol. The summed E-state index contributed by atoms with van der Waals surface area (Å²) in [6.45, 7) is 0.958. The molecule has 0 radical (unpaired) electrons. The summed E-state index contributed by atoms with van der Waals surface area (Å²) >= 11 is 3.28. The Hall–Kier alpha value is -1.55. The maximum Gasteiger partial charge on any atom is 0.165 e. The van der Waals surface area contributed by atoms with Crippen molar-refractivity contribution in [2.45, 2.75) is 6.42 Å². The van der Waals surface area contributed by atoms with Crippen LogP contribution in [0.3, 0.4) is 0 Å². The van der Waals surface area contributed by atoms with E-state index in [0.717, 1.165) is 10.2 Å². The molecule has 0 aliphatic carbocycles. The van der Waals surface area contributed by atoms with Gasteiger partial charge in [-0.25, -0.2) is 4.39 Å². The van der Waals surface area contributed by atoms with Gasteiger partial charge in [0, 0.05) is 10.9 Å². The van der Waals surface area contributed by atoms with Crippen LogP contribution in [0.5, 0.6) is 11.5 Å². The monoisotopic (exact) mass is 324 g/mol. The molecule has 0 bridgehead atoms. The highest BCUT2D eigenvalue weighted by atomic mass is 79.9. The van der Waals surface area contributed by atoms with Crippen molar-refractivity contribution in [3.63, 3.8) is 0 Å². The summed E-state index contributed by atoms with van der Waals surface area (Å²) < 4.78 is 25.0. The minimum atomic E-state index is -0.354. The summed E-state index contributed by atoms with van der Waals surface area (Å²) in [5.41, 5.74) is 0. The van der Waals surface area contributed by atoms with Gasteiger partial charge >= 0.3 is 0 Å². The molecule has 0 fully saturated rings. The van der Waals surface area contributed by atoms with E-state index in [2.05, 4.69) is 15.9 Å². The Kier molecular flexibility index (Phi) is 5.21. The fraction of sp³-hybridized carbons (Fsp3) is 0.200. The van der Waals surface area contributed by atoms with E-state index in [4.69, 9.17) is 9.47 Å². The first-order chi connectivity index (χ1) is 9.25. The largest absolute Gasteiger partial charge is 0.493 e. The summed E-state index contributed by atoms with van der Waals surface area (Å²) in [5, 5.41) is 0. The number of hydrogen-bond acceptors (Lipinski definition) is 2. The number of rotatable bonds is 6. The zero-order valence-electron chi connectivity index (χ0n) is 10.3. The molecule has 100 valence electrons. The molecule has 19 heavy (non-hydrogen) atoms. The number of hydrogen-bond donors (Lipinski definition) is 0. The third-order valence-electron chi connectivity index (χ3n) is 2.45. The second-order valence-corrected chi connectivity index (χ2v) is 4.85. The zero-order chi connectivity index (χ0) is 13.5. The molecular formula is C15H14BrFO2. The first kappa shape index (κ1) is 13.9. The normalized spacial score (nSPS) is 10.2. The Morgan fingerprint density at radius 3 is 2.47 bits per heavy atom. The van der Waals surface area contributed by atoms with Gasteiger partial charge in [-0.2, -0.15) is 0 Å². The first-order valence-electron chi connectivity index (χ1n) is 6.01. The second kappa shape index (κ2) is 7.14. The molecule has 0 aromatic heterocycles. The summed E-state index contributed by atoms with van der Waals surface area (Å²) in [4.78, 5) is 0. The predicted molar refractivity (Wildman–Crippen MR) is 76.1 cm³/mol. The van der Waals surface area contributed by atoms with Crippen molar-refractivity contribution in [2.24, 2.45) is 0 Å². The molecule has 0 aliphatic heterocycles. The number of ether oxygens (including phenoxy) is 2. The average Bonchev–Trinajstić information content (AvgIpc) is 2.43. The van der Waals surface area contributed by atoms with Crippen LogP contribution in [0, 0.1) is 5.82 Å². The van der Waals surface area contributed by atoms with E-state index >= 15 is 0 Å². The third kappa shape index (κ3) is 4.56. The topological polar surface area (TPSA) is 18.5 Å². The fourth-order valence-corrected chi connectivity index (χ4v) is 1.88. The van der Waals surface area contributed by atoms with Gasteiger partial charge in [-0.3, -0.25) is 0 Å². The SMILES string of the molecule is Fc1ccc(Br)cc1OCCCOc1ccccc1. The smallest absolute Gasteiger partial charge is 0.165 e. The second-order valence-electron chi connectivity index (χ2n) is 3.94. The van der Waals surface area contributed by atoms with E-state index < -0.39 is 0 Å². The number of para-hydroxylation sites is 1. The number of benzene rings is 2. The van der Waals surface area contributed by atoms with Crippen molar-refractivity contribution in [3.05, 3.63) is 58.8 Å². The van der Waals surface area contributed by atoms with E-state index in [-0.39, 0.29) is 11.6 Å². The third-order valence-corrected chi connectivity index (χ3v) is 2.94. The standard InChI is InChI=1S/C15H14BrFO2/c16-12-7-8-14(17)15(11-12)19-10-4-9-18-13-5-2-1-3-6-13/h1-3,5-8,11H,4,9-10H2. The lowest BCUT2D eigenvalue weighted by Crippen LogP contribution is -2.05. The van der Waals surface area contributed by atoms with Gasteiger partial charge in [0.15, 0.2) is 11.6 Å². The van der Waals surface area contributed by atoms with Crippen molar-refractivity contribution in [1.82, 2.24) is 0 Å². The minimum absolute atomic E-state index is 0.258. The molecule has 2 nitrogen and oxygen atoms in total. The van der Waals surface area contributed by atoms with Crippen LogP contribution < -0.4 is 9.47 Å². The Morgan fingerprint density at radius 1 is 0.947 bits per heavy atom. The van der Waals surface area contributed by atoms with Crippen molar-refractivity contribution in [1.29, 1.82) is 0 Å². The summed E-state index contributed by atoms with van der Waals surface area (Å²) in [6.07, 6.45) is 0.695. The summed E-state index contributed by atoms with van der Waals surface area (Å²) in [6, 6.07) is 14.2. The van der Waals surface area contributed by atoms with Gasteiger partial charge in [-0.15, -0.1) is 0 Å². The highest BCUT2D eigenvalue weighted by molar-refractivity contribution is 9.10. The van der Waals surface area contributed by atoms with E-state index in [1.807, 2.05) is 30.3 Å². The van der Waals surface area contributed by atoms with Crippen LogP contribution in [0.15, 0.2) is 53.0 Å². The Balaban J connectivity index is 1.71. The van der Waals surface area contributed by atoms with Crippen LogP contribution >= 0.6 is 15.9 Å². The molecule has 2 rings (SSSR count). The van der Waals surface area contributed by atoms with E-state index in [0.29, 0.717) is 19.6 Å². The zero-order valence-corrected chi connectivity index (χ0v) is 11.9. The summed E-state index contributed by atoms with van der Waals surface area (Å²) in [5.74, 6) is 0.734. The van der Waals surface area contributed by atoms with Gasteiger partial charge in [-0.05, 0) is 30.3 Å². The molecule has 4 heteroatoms. The van der Waals surface area contributed by atoms with Crippen LogP contribution in [-0.2, 0) is 0 Å². The Morgan fingerprint density at radius 2 is 1.68 bits per heavy atom. The van der Waals surface area contributed by atoms with Gasteiger partial charge in [0.05, 0.1) is 13.2 Å². The van der Waals surface area contributed by atoms with Crippen LogP contribution in [-0.4, -0.2) is 13.2 Å². The summed E-state index contributed by atoms with van der Waals surface area (Å²) in [7, 11) is 0. The molecule has 0 amide bonds. The van der Waals surface area contributed by atoms with Crippen molar-refractivity contribution < 1.29 is 13.9 Å². The minimum Gasteiger partial charge on any atom is -0.493 e. The van der Waals surface area contributed by atoms with Crippen molar-refractivity contribution >= 4 is 15.9 Å². The molecule has 0 spiro atoms. The van der Waals surface area contributed by atoms with Crippen LogP contribution in [0.25, 0.3) is 0 Å². The van der Waals surface area contributed by atoms with Crippen LogP contribution in [0.4, 0.5) is 4.39 Å². The highest BCUT2D eigenvalue weighted by Crippen LogP contribution is 2.22. The van der Waals surface area contributed by atoms with Gasteiger partial charge < -0.3 is 9.47 Å². The van der Waals surface area contributed by atoms with Crippen LogP contribution in [0.1, 0.15) is 6.42 Å². The molecule has 0 unspecified atom stereocenters. The van der Waals surface area contributed by atoms with E-state index in [1.54, 1.807) is 12.1 Å². The van der Waals surface area contributed by atoms with Gasteiger partial charge in [0.25, 0.3) is 0 Å². The average molecular weight is 325 g/mol. The van der Waals surface area contributed by atoms with E-state index in [9.17, 15) is 4.39 Å². The molecule has 0 heterocycles. The molecule has 0 saturated heterocycles. The van der Waals surface area contributed by atoms with Gasteiger partial charge in [0.1, 0.15) is 5.75 Å².